The van der Waals surface area contributed by atoms with E-state index in [0.717, 1.165) is 5.69 Å². The largest absolute Gasteiger partial charge is 0.422 e. The molecule has 0 amide bonds. The maximum atomic E-state index is 12.7. The van der Waals surface area contributed by atoms with Gasteiger partial charge in [0.2, 0.25) is 0 Å². The first-order valence-corrected chi connectivity index (χ1v) is 9.91. The maximum Gasteiger partial charge on any atom is 0.316 e. The number of hydrogen-bond donors (Lipinski definition) is 0. The van der Waals surface area contributed by atoms with Crippen LogP contribution in [0.2, 0.25) is 0 Å². The van der Waals surface area contributed by atoms with Crippen molar-refractivity contribution in [2.45, 2.75) is 67.3 Å². The van der Waals surface area contributed by atoms with E-state index in [1.165, 1.54) is 5.56 Å². The summed E-state index contributed by atoms with van der Waals surface area (Å²) in [6.07, 6.45) is 0. The number of nitrogens with zero attached hydrogens (tertiary/aromatic N) is 3. The molecule has 0 aliphatic carbocycles. The van der Waals surface area contributed by atoms with Gasteiger partial charge in [0.05, 0.1) is 11.1 Å². The second-order valence-corrected chi connectivity index (χ2v) is 9.27. The highest BCUT2D eigenvalue weighted by Gasteiger charge is 2.28. The minimum absolute atomic E-state index is 0.00846. The number of ether oxygens (including phenoxy) is 1. The Morgan fingerprint density at radius 3 is 2.17 bits per heavy atom. The van der Waals surface area contributed by atoms with Gasteiger partial charge in [0.1, 0.15) is 17.3 Å². The van der Waals surface area contributed by atoms with Crippen LogP contribution in [0.4, 0.5) is 0 Å². The van der Waals surface area contributed by atoms with E-state index in [2.05, 4.69) is 31.9 Å². The molecule has 1 heterocycles. The number of nitriles is 1. The molecule has 1 aromatic heterocycles. The van der Waals surface area contributed by atoms with E-state index in [-0.39, 0.29) is 11.2 Å². The van der Waals surface area contributed by atoms with Gasteiger partial charge in [0.25, 0.3) is 0 Å². The highest BCUT2D eigenvalue weighted by molar-refractivity contribution is 5.97. The van der Waals surface area contributed by atoms with Gasteiger partial charge in [-0.2, -0.15) is 10.4 Å². The molecule has 5 nitrogen and oxygen atoms in total. The molecule has 154 valence electrons. The number of aryl methyl sites for hydroxylation is 2. The van der Waals surface area contributed by atoms with Crippen LogP contribution in [-0.4, -0.2) is 15.7 Å². The summed E-state index contributed by atoms with van der Waals surface area (Å²) in [7, 11) is 0. The summed E-state index contributed by atoms with van der Waals surface area (Å²) in [6.45, 7) is 16.2. The van der Waals surface area contributed by atoms with Gasteiger partial charge in [-0.15, -0.1) is 0 Å². The Bertz CT molecular complexity index is 960. The Morgan fingerprint density at radius 1 is 1.14 bits per heavy atom. The Morgan fingerprint density at radius 2 is 1.72 bits per heavy atom. The van der Waals surface area contributed by atoms with Crippen LogP contribution in [0.25, 0.3) is 11.3 Å². The van der Waals surface area contributed by atoms with E-state index in [4.69, 9.17) is 4.74 Å². The van der Waals surface area contributed by atoms with Crippen LogP contribution in [-0.2, 0) is 21.5 Å². The molecular formula is C24H31N3O2. The number of aromatic nitrogens is 2. The van der Waals surface area contributed by atoms with E-state index in [1.54, 1.807) is 25.5 Å². The van der Waals surface area contributed by atoms with Crippen LogP contribution >= 0.6 is 0 Å². The fourth-order valence-electron chi connectivity index (χ4n) is 2.83. The summed E-state index contributed by atoms with van der Waals surface area (Å²) < 4.78 is 7.57. The van der Waals surface area contributed by atoms with Crippen LogP contribution < -0.4 is 0 Å². The first-order chi connectivity index (χ1) is 13.4. The maximum absolute atomic E-state index is 12.7. The Labute approximate surface area is 174 Å². The summed E-state index contributed by atoms with van der Waals surface area (Å²) in [5.74, 6) is -0.147. The zero-order chi connectivity index (χ0) is 22.0. The van der Waals surface area contributed by atoms with Gasteiger partial charge in [0, 0.05) is 6.54 Å². The molecule has 0 saturated heterocycles. The number of hydrogen-bond acceptors (Lipinski definition) is 4. The normalized spacial score (nSPS) is 12.9. The monoisotopic (exact) mass is 393 g/mol. The van der Waals surface area contributed by atoms with E-state index < -0.39 is 11.4 Å². The molecule has 0 atom stereocenters. The number of allylic oxidation sites excluding steroid dienone is 1. The van der Waals surface area contributed by atoms with Crippen molar-refractivity contribution in [3.05, 3.63) is 52.8 Å². The van der Waals surface area contributed by atoms with Crippen molar-refractivity contribution in [1.82, 2.24) is 9.78 Å². The molecule has 0 bridgehead atoms. The highest BCUT2D eigenvalue weighted by atomic mass is 16.5. The van der Waals surface area contributed by atoms with Crippen molar-refractivity contribution in [1.29, 1.82) is 5.26 Å². The summed E-state index contributed by atoms with van der Waals surface area (Å²) in [4.78, 5) is 12.7. The van der Waals surface area contributed by atoms with Gasteiger partial charge in [-0.05, 0) is 57.2 Å². The molecule has 0 radical (unpaired) electrons. The lowest BCUT2D eigenvalue weighted by Gasteiger charge is -2.21. The molecule has 2 rings (SSSR count). The van der Waals surface area contributed by atoms with Crippen molar-refractivity contribution >= 4 is 17.3 Å². The summed E-state index contributed by atoms with van der Waals surface area (Å²) in [6, 6.07) is 11.9. The van der Waals surface area contributed by atoms with E-state index in [0.29, 0.717) is 23.4 Å². The highest BCUT2D eigenvalue weighted by Crippen LogP contribution is 2.32. The fraction of sp³-hybridized carbons (Fsp3) is 0.458. The molecule has 0 aliphatic heterocycles. The Hall–Kier alpha value is -2.87. The van der Waals surface area contributed by atoms with E-state index >= 15 is 0 Å². The number of benzene rings is 1. The predicted octanol–water partition coefficient (Wildman–Crippen LogP) is 5.49. The molecule has 0 unspecified atom stereocenters. The first kappa shape index (κ1) is 22.4. The molecule has 0 N–H and O–H groups in total. The van der Waals surface area contributed by atoms with Gasteiger partial charge in [-0.25, -0.2) is 0 Å². The third-order valence-electron chi connectivity index (χ3n) is 4.62. The number of carbonyl (C=O) groups excluding carboxylic acids is 1. The standard InChI is InChI=1S/C24H31N3O2/c1-9-27-20(14-16(2)26-27)21(29-22(28)24(6,7)8)19(15-25)17-10-12-18(13-11-17)23(3,4)5/h10-14H,9H2,1-8H3/b21-19-. The Balaban J connectivity index is 2.70. The second-order valence-electron chi connectivity index (χ2n) is 9.27. The minimum atomic E-state index is -0.700. The first-order valence-electron chi connectivity index (χ1n) is 9.91. The molecule has 0 spiro atoms. The van der Waals surface area contributed by atoms with Crippen LogP contribution in [0.3, 0.4) is 0 Å². The lowest BCUT2D eigenvalue weighted by atomic mass is 9.86. The topological polar surface area (TPSA) is 67.9 Å². The van der Waals surface area contributed by atoms with Gasteiger partial charge >= 0.3 is 5.97 Å². The third kappa shape index (κ3) is 5.14. The summed E-state index contributed by atoms with van der Waals surface area (Å²) in [5, 5.41) is 14.5. The molecule has 1 aromatic carbocycles. The molecule has 0 saturated carbocycles. The zero-order valence-electron chi connectivity index (χ0n) is 18.8. The Kier molecular flexibility index (Phi) is 6.37. The molecule has 5 heteroatoms. The summed E-state index contributed by atoms with van der Waals surface area (Å²) >= 11 is 0. The van der Waals surface area contributed by atoms with Crippen LogP contribution in [0, 0.1) is 23.7 Å². The summed E-state index contributed by atoms with van der Waals surface area (Å²) in [5.41, 5.74) is 2.92. The molecule has 2 aromatic rings. The van der Waals surface area contributed by atoms with E-state index in [1.807, 2.05) is 44.2 Å². The SMILES string of the molecule is CCn1nc(C)cc1/C(OC(=O)C(C)(C)C)=C(\C#N)c1ccc(C(C)(C)C)cc1. The van der Waals surface area contributed by atoms with Gasteiger partial charge < -0.3 is 4.74 Å². The predicted molar refractivity (Wildman–Crippen MR) is 116 cm³/mol. The van der Waals surface area contributed by atoms with Crippen molar-refractivity contribution < 1.29 is 9.53 Å². The number of rotatable bonds is 4. The third-order valence-corrected chi connectivity index (χ3v) is 4.62. The quantitative estimate of drug-likeness (QED) is 0.391. The van der Waals surface area contributed by atoms with Crippen LogP contribution in [0.15, 0.2) is 30.3 Å². The van der Waals surface area contributed by atoms with Gasteiger partial charge in [-0.1, -0.05) is 45.0 Å². The lowest BCUT2D eigenvalue weighted by molar-refractivity contribution is -0.145. The molecule has 29 heavy (non-hydrogen) atoms. The lowest BCUT2D eigenvalue weighted by Crippen LogP contribution is -2.23. The van der Waals surface area contributed by atoms with Crippen molar-refractivity contribution in [2.24, 2.45) is 5.41 Å². The van der Waals surface area contributed by atoms with Crippen molar-refractivity contribution in [3.8, 4) is 6.07 Å². The van der Waals surface area contributed by atoms with Gasteiger partial charge in [0.15, 0.2) is 5.76 Å². The van der Waals surface area contributed by atoms with Crippen LogP contribution in [0.5, 0.6) is 0 Å². The number of esters is 1. The van der Waals surface area contributed by atoms with Crippen molar-refractivity contribution in [3.63, 3.8) is 0 Å². The second kappa shape index (κ2) is 8.24. The van der Waals surface area contributed by atoms with E-state index in [9.17, 15) is 10.1 Å². The molecule has 0 fully saturated rings. The average Bonchev–Trinajstić information content (AvgIpc) is 3.00. The van der Waals surface area contributed by atoms with Gasteiger partial charge in [-0.3, -0.25) is 9.48 Å². The van der Waals surface area contributed by atoms with Crippen molar-refractivity contribution in [2.75, 3.05) is 0 Å². The molecule has 0 aliphatic rings. The number of carbonyl (C=O) groups is 1. The smallest absolute Gasteiger partial charge is 0.316 e. The average molecular weight is 394 g/mol. The van der Waals surface area contributed by atoms with Crippen LogP contribution in [0.1, 0.15) is 71.0 Å². The zero-order valence-corrected chi connectivity index (χ0v) is 18.8. The fourth-order valence-corrected chi connectivity index (χ4v) is 2.83. The molecular weight excluding hydrogens is 362 g/mol. The minimum Gasteiger partial charge on any atom is -0.422 e.